The molecule has 2 nitrogen and oxygen atoms in total. The van der Waals surface area contributed by atoms with E-state index in [-0.39, 0.29) is 0 Å². The Morgan fingerprint density at radius 3 is 2.43 bits per heavy atom. The molecular formula is C11H22N2S. The van der Waals surface area contributed by atoms with E-state index >= 15 is 0 Å². The minimum atomic E-state index is 0.527. The summed E-state index contributed by atoms with van der Waals surface area (Å²) in [6.07, 6.45) is 3.84. The third-order valence-corrected chi connectivity index (χ3v) is 3.96. The first kappa shape index (κ1) is 11.8. The van der Waals surface area contributed by atoms with Crippen LogP contribution in [0, 0.1) is 5.41 Å². The fraction of sp³-hybridized carbons (Fsp3) is 0.909. The van der Waals surface area contributed by atoms with Crippen LogP contribution in [0.5, 0.6) is 0 Å². The molecule has 0 amide bonds. The summed E-state index contributed by atoms with van der Waals surface area (Å²) in [6, 6.07) is 0. The second kappa shape index (κ2) is 4.96. The van der Waals surface area contributed by atoms with Crippen LogP contribution in [0.25, 0.3) is 0 Å². The Hall–Kier alpha value is -0.310. The van der Waals surface area contributed by atoms with Crippen molar-refractivity contribution in [2.45, 2.75) is 40.0 Å². The third-order valence-electron chi connectivity index (χ3n) is 3.55. The molecule has 1 fully saturated rings. The van der Waals surface area contributed by atoms with E-state index in [2.05, 4.69) is 31.0 Å². The summed E-state index contributed by atoms with van der Waals surface area (Å²) in [5.74, 6) is 0. The van der Waals surface area contributed by atoms with Crippen molar-refractivity contribution in [3.8, 4) is 0 Å². The molecule has 14 heavy (non-hydrogen) atoms. The number of rotatable bonds is 3. The predicted molar refractivity (Wildman–Crippen MR) is 65.5 cm³/mol. The molecule has 0 atom stereocenters. The maximum Gasteiger partial charge on any atom is 0.168 e. The lowest BCUT2D eigenvalue weighted by atomic mass is 9.82. The summed E-state index contributed by atoms with van der Waals surface area (Å²) in [7, 11) is 0. The highest BCUT2D eigenvalue weighted by atomic mass is 32.1. The van der Waals surface area contributed by atoms with Crippen molar-refractivity contribution in [2.75, 3.05) is 19.6 Å². The maximum absolute atomic E-state index is 5.33. The van der Waals surface area contributed by atoms with E-state index in [9.17, 15) is 0 Å². The molecule has 1 N–H and O–H groups in total. The van der Waals surface area contributed by atoms with Gasteiger partial charge in [0.2, 0.25) is 0 Å². The Morgan fingerprint density at radius 2 is 2.00 bits per heavy atom. The zero-order valence-electron chi connectivity index (χ0n) is 9.60. The van der Waals surface area contributed by atoms with Gasteiger partial charge in [0, 0.05) is 19.6 Å². The van der Waals surface area contributed by atoms with Crippen LogP contribution in [-0.4, -0.2) is 29.6 Å². The van der Waals surface area contributed by atoms with Gasteiger partial charge in [-0.2, -0.15) is 0 Å². The van der Waals surface area contributed by atoms with Crippen LogP contribution in [-0.2, 0) is 0 Å². The molecule has 1 rings (SSSR count). The van der Waals surface area contributed by atoms with Crippen LogP contribution < -0.4 is 5.32 Å². The molecule has 0 aromatic rings. The smallest absolute Gasteiger partial charge is 0.168 e. The van der Waals surface area contributed by atoms with Gasteiger partial charge in [0.05, 0.1) is 0 Å². The molecule has 0 saturated carbocycles. The monoisotopic (exact) mass is 214 g/mol. The number of hydrogen-bond acceptors (Lipinski definition) is 1. The van der Waals surface area contributed by atoms with E-state index in [1.807, 2.05) is 0 Å². The second-order valence-electron chi connectivity index (χ2n) is 4.21. The summed E-state index contributed by atoms with van der Waals surface area (Å²) >= 11 is 5.33. The lowest BCUT2D eigenvalue weighted by Crippen LogP contribution is -2.39. The molecule has 3 heteroatoms. The minimum Gasteiger partial charge on any atom is -0.363 e. The van der Waals surface area contributed by atoms with E-state index in [0.717, 1.165) is 24.7 Å². The maximum atomic E-state index is 5.33. The van der Waals surface area contributed by atoms with Crippen LogP contribution in [0.1, 0.15) is 40.0 Å². The van der Waals surface area contributed by atoms with Crippen LogP contribution in [0.2, 0.25) is 0 Å². The molecule has 1 aliphatic rings. The molecule has 0 spiro atoms. The Bertz CT molecular complexity index is 199. The van der Waals surface area contributed by atoms with Gasteiger partial charge in [-0.1, -0.05) is 13.8 Å². The molecule has 82 valence electrons. The largest absolute Gasteiger partial charge is 0.363 e. The molecular weight excluding hydrogens is 192 g/mol. The zero-order chi connectivity index (χ0) is 10.6. The average molecular weight is 214 g/mol. The van der Waals surface area contributed by atoms with Crippen molar-refractivity contribution < 1.29 is 0 Å². The Kier molecular flexibility index (Phi) is 4.17. The van der Waals surface area contributed by atoms with E-state index < -0.39 is 0 Å². The van der Waals surface area contributed by atoms with Gasteiger partial charge in [-0.15, -0.1) is 0 Å². The lowest BCUT2D eigenvalue weighted by Gasteiger charge is -2.27. The van der Waals surface area contributed by atoms with Gasteiger partial charge >= 0.3 is 0 Å². The quantitative estimate of drug-likeness (QED) is 0.726. The van der Waals surface area contributed by atoms with Crippen molar-refractivity contribution in [1.82, 2.24) is 10.2 Å². The SMILES string of the molecule is CCNC(=S)N1CCC(CC)(CC)C1. The van der Waals surface area contributed by atoms with Crippen molar-refractivity contribution in [2.24, 2.45) is 5.41 Å². The summed E-state index contributed by atoms with van der Waals surface area (Å²) in [6.45, 7) is 9.89. The second-order valence-corrected chi connectivity index (χ2v) is 4.60. The Labute approximate surface area is 93.1 Å². The first-order valence-electron chi connectivity index (χ1n) is 5.70. The molecule has 0 aliphatic carbocycles. The fourth-order valence-electron chi connectivity index (χ4n) is 2.20. The van der Waals surface area contributed by atoms with Crippen LogP contribution in [0.15, 0.2) is 0 Å². The van der Waals surface area contributed by atoms with E-state index in [1.165, 1.54) is 19.3 Å². The molecule has 1 heterocycles. The van der Waals surface area contributed by atoms with E-state index in [4.69, 9.17) is 12.2 Å². The summed E-state index contributed by atoms with van der Waals surface area (Å²) in [5.41, 5.74) is 0.527. The van der Waals surface area contributed by atoms with Gasteiger partial charge in [0.15, 0.2) is 5.11 Å². The molecule has 0 unspecified atom stereocenters. The van der Waals surface area contributed by atoms with Crippen molar-refractivity contribution in [3.05, 3.63) is 0 Å². The number of nitrogens with one attached hydrogen (secondary N) is 1. The molecule has 0 aromatic carbocycles. The normalized spacial score (nSPS) is 19.8. The van der Waals surface area contributed by atoms with Gasteiger partial charge in [-0.25, -0.2) is 0 Å². The van der Waals surface area contributed by atoms with Gasteiger partial charge in [0.25, 0.3) is 0 Å². The highest BCUT2D eigenvalue weighted by Crippen LogP contribution is 2.36. The van der Waals surface area contributed by atoms with Gasteiger partial charge in [-0.05, 0) is 43.8 Å². The van der Waals surface area contributed by atoms with Crippen LogP contribution >= 0.6 is 12.2 Å². The van der Waals surface area contributed by atoms with Gasteiger partial charge in [0.1, 0.15) is 0 Å². The molecule has 0 radical (unpaired) electrons. The zero-order valence-corrected chi connectivity index (χ0v) is 10.4. The average Bonchev–Trinajstić information content (AvgIpc) is 2.63. The molecule has 1 aliphatic heterocycles. The first-order chi connectivity index (χ1) is 6.67. The van der Waals surface area contributed by atoms with Crippen molar-refractivity contribution in [1.29, 1.82) is 0 Å². The Balaban J connectivity index is 2.51. The van der Waals surface area contributed by atoms with Crippen molar-refractivity contribution in [3.63, 3.8) is 0 Å². The van der Waals surface area contributed by atoms with E-state index in [1.54, 1.807) is 0 Å². The Morgan fingerprint density at radius 1 is 1.36 bits per heavy atom. The number of hydrogen-bond donors (Lipinski definition) is 1. The number of nitrogens with zero attached hydrogens (tertiary/aromatic N) is 1. The minimum absolute atomic E-state index is 0.527. The van der Waals surface area contributed by atoms with Crippen molar-refractivity contribution >= 4 is 17.3 Å². The fourth-order valence-corrected chi connectivity index (χ4v) is 2.50. The standard InChI is InChI=1S/C11H22N2S/c1-4-11(5-2)7-8-13(9-11)10(14)12-6-3/h4-9H2,1-3H3,(H,12,14). The number of thiocarbonyl (C=S) groups is 1. The number of likely N-dealkylation sites (tertiary alicyclic amines) is 1. The summed E-state index contributed by atoms with van der Waals surface area (Å²) in [5, 5.41) is 4.17. The highest BCUT2D eigenvalue weighted by Gasteiger charge is 2.35. The molecule has 0 bridgehead atoms. The lowest BCUT2D eigenvalue weighted by molar-refractivity contribution is 0.277. The van der Waals surface area contributed by atoms with Gasteiger partial charge in [-0.3, -0.25) is 0 Å². The van der Waals surface area contributed by atoms with Crippen LogP contribution in [0.3, 0.4) is 0 Å². The highest BCUT2D eigenvalue weighted by molar-refractivity contribution is 7.80. The van der Waals surface area contributed by atoms with Gasteiger partial charge < -0.3 is 10.2 Å². The molecule has 1 saturated heterocycles. The predicted octanol–water partition coefficient (Wildman–Crippen LogP) is 2.39. The third kappa shape index (κ3) is 2.38. The topological polar surface area (TPSA) is 15.3 Å². The molecule has 0 aromatic heterocycles. The summed E-state index contributed by atoms with van der Waals surface area (Å²) < 4.78 is 0. The first-order valence-corrected chi connectivity index (χ1v) is 6.11. The van der Waals surface area contributed by atoms with Crippen LogP contribution in [0.4, 0.5) is 0 Å². The summed E-state index contributed by atoms with van der Waals surface area (Å²) in [4.78, 5) is 2.33. The van der Waals surface area contributed by atoms with E-state index in [0.29, 0.717) is 5.41 Å².